The maximum Gasteiger partial charge on any atom is 0.325 e. The number of ether oxygens (including phenoxy) is 3. The Kier molecular flexibility index (Phi) is 12.6. The van der Waals surface area contributed by atoms with Crippen LogP contribution in [0.15, 0.2) is 85.5 Å². The van der Waals surface area contributed by atoms with Crippen molar-refractivity contribution in [1.82, 2.24) is 15.5 Å². The van der Waals surface area contributed by atoms with Gasteiger partial charge >= 0.3 is 12.0 Å². The van der Waals surface area contributed by atoms with Crippen LogP contribution in [0.4, 0.5) is 4.79 Å². The molecule has 3 atom stereocenters. The fourth-order valence-electron chi connectivity index (χ4n) is 6.44. The van der Waals surface area contributed by atoms with Crippen molar-refractivity contribution in [2.75, 3.05) is 26.2 Å². The van der Waals surface area contributed by atoms with Crippen molar-refractivity contribution in [3.8, 4) is 11.1 Å². The summed E-state index contributed by atoms with van der Waals surface area (Å²) in [4.78, 5) is 26.2. The second-order valence-corrected chi connectivity index (χ2v) is 12.2. The Hall–Kier alpha value is -4.02. The lowest BCUT2D eigenvalue weighted by atomic mass is 9.98. The molecular weight excluding hydrogens is 594 g/mol. The molecule has 1 aliphatic heterocycles. The van der Waals surface area contributed by atoms with Crippen LogP contribution in [-0.4, -0.2) is 60.4 Å². The number of benzene rings is 3. The zero-order valence-electron chi connectivity index (χ0n) is 27.2. The van der Waals surface area contributed by atoms with Gasteiger partial charge in [0.15, 0.2) is 6.29 Å². The quantitative estimate of drug-likeness (QED) is 0.142. The van der Waals surface area contributed by atoms with Gasteiger partial charge in [0.25, 0.3) is 0 Å². The Morgan fingerprint density at radius 1 is 0.957 bits per heavy atom. The van der Waals surface area contributed by atoms with Crippen molar-refractivity contribution in [1.29, 1.82) is 0 Å². The van der Waals surface area contributed by atoms with Crippen LogP contribution >= 0.6 is 0 Å². The molecule has 5 rings (SSSR count). The van der Waals surface area contributed by atoms with Gasteiger partial charge < -0.3 is 30.0 Å². The molecule has 1 aliphatic carbocycles. The van der Waals surface area contributed by atoms with Crippen LogP contribution < -0.4 is 10.6 Å². The van der Waals surface area contributed by atoms with E-state index in [2.05, 4.69) is 34.2 Å². The van der Waals surface area contributed by atoms with Gasteiger partial charge in [-0.25, -0.2) is 4.79 Å². The van der Waals surface area contributed by atoms with Crippen molar-refractivity contribution in [2.24, 2.45) is 0 Å². The molecule has 0 spiro atoms. The smallest absolute Gasteiger partial charge is 0.325 e. The van der Waals surface area contributed by atoms with E-state index >= 15 is 0 Å². The van der Waals surface area contributed by atoms with Gasteiger partial charge in [-0.15, -0.1) is 6.58 Å². The Morgan fingerprint density at radius 3 is 2.43 bits per heavy atom. The molecule has 2 aliphatic rings. The summed E-state index contributed by atoms with van der Waals surface area (Å²) in [7, 11) is 0. The fraction of sp³-hybridized carbons (Fsp3) is 0.421. The van der Waals surface area contributed by atoms with Crippen molar-refractivity contribution in [3.63, 3.8) is 0 Å². The van der Waals surface area contributed by atoms with Crippen molar-refractivity contribution >= 4 is 12.0 Å². The molecule has 47 heavy (non-hydrogen) atoms. The van der Waals surface area contributed by atoms with Gasteiger partial charge in [-0.2, -0.15) is 0 Å². The molecule has 9 nitrogen and oxygen atoms in total. The minimum atomic E-state index is -0.557. The Bertz CT molecular complexity index is 1470. The van der Waals surface area contributed by atoms with Crippen LogP contribution in [0.25, 0.3) is 11.1 Å². The second kappa shape index (κ2) is 17.2. The largest absolute Gasteiger partial charge is 0.465 e. The average molecular weight is 642 g/mol. The van der Waals surface area contributed by atoms with E-state index < -0.39 is 18.3 Å². The normalized spacial score (nSPS) is 19.8. The van der Waals surface area contributed by atoms with Gasteiger partial charge in [-0.05, 0) is 59.7 Å². The molecule has 2 amide bonds. The van der Waals surface area contributed by atoms with Gasteiger partial charge in [0.05, 0.1) is 25.4 Å². The third kappa shape index (κ3) is 9.74. The first-order chi connectivity index (χ1) is 22.9. The first-order valence-electron chi connectivity index (χ1n) is 16.7. The standard InChI is InChI=1S/C38H47N3O6/c1-3-19-41(33-13-5-6-14-33)25-34-22-35(29-17-15-27(26-42)16-18-29)47-37(46-34)32-12-8-11-31(21-32)30-10-7-9-28(20-30)23-39-38(44)40-24-36(43)45-4-2/h3,7-12,15-18,20-21,33-35,37,42H,1,4-6,13-14,19,22-26H2,2H3,(H2,39,40,44)/t34-,35+,37+/m0/s1. The van der Waals surface area contributed by atoms with Crippen LogP contribution in [0.3, 0.4) is 0 Å². The van der Waals surface area contributed by atoms with Gasteiger partial charge in [0.2, 0.25) is 0 Å². The van der Waals surface area contributed by atoms with Crippen molar-refractivity contribution in [2.45, 2.75) is 76.7 Å². The zero-order valence-corrected chi connectivity index (χ0v) is 27.2. The first-order valence-corrected chi connectivity index (χ1v) is 16.7. The lowest BCUT2D eigenvalue weighted by Crippen LogP contribution is -2.43. The Balaban J connectivity index is 1.31. The number of nitrogens with zero attached hydrogens (tertiary/aromatic N) is 1. The van der Waals surface area contributed by atoms with E-state index in [0.29, 0.717) is 12.6 Å². The van der Waals surface area contributed by atoms with E-state index in [-0.39, 0.29) is 32.0 Å². The molecule has 0 bridgehead atoms. The predicted molar refractivity (Wildman–Crippen MR) is 181 cm³/mol. The number of aliphatic hydroxyl groups excluding tert-OH is 1. The molecule has 250 valence electrons. The van der Waals surface area contributed by atoms with E-state index in [1.54, 1.807) is 6.92 Å². The molecule has 3 aromatic rings. The molecular formula is C38H47N3O6. The topological polar surface area (TPSA) is 109 Å². The summed E-state index contributed by atoms with van der Waals surface area (Å²) < 4.78 is 18.2. The van der Waals surface area contributed by atoms with Crippen LogP contribution in [0.2, 0.25) is 0 Å². The van der Waals surface area contributed by atoms with Crippen molar-refractivity contribution in [3.05, 3.63) is 108 Å². The molecule has 2 fully saturated rings. The highest BCUT2D eigenvalue weighted by Crippen LogP contribution is 2.39. The molecule has 0 unspecified atom stereocenters. The average Bonchev–Trinajstić information content (AvgIpc) is 3.65. The van der Waals surface area contributed by atoms with Gasteiger partial charge in [-0.3, -0.25) is 9.69 Å². The predicted octanol–water partition coefficient (Wildman–Crippen LogP) is 6.18. The summed E-state index contributed by atoms with van der Waals surface area (Å²) in [5.74, 6) is -0.476. The third-order valence-corrected chi connectivity index (χ3v) is 8.83. The number of nitrogens with one attached hydrogen (secondary N) is 2. The van der Waals surface area contributed by atoms with E-state index in [1.807, 2.05) is 66.7 Å². The number of hydrogen-bond acceptors (Lipinski definition) is 7. The number of rotatable bonds is 14. The molecule has 0 radical (unpaired) electrons. The molecule has 0 aromatic heterocycles. The zero-order chi connectivity index (χ0) is 33.0. The van der Waals surface area contributed by atoms with Crippen LogP contribution in [0.5, 0.6) is 0 Å². The maximum absolute atomic E-state index is 12.2. The molecule has 1 heterocycles. The second-order valence-electron chi connectivity index (χ2n) is 12.2. The summed E-state index contributed by atoms with van der Waals surface area (Å²) in [5.41, 5.74) is 5.80. The van der Waals surface area contributed by atoms with E-state index in [1.165, 1.54) is 25.7 Å². The van der Waals surface area contributed by atoms with Gasteiger partial charge in [0.1, 0.15) is 6.54 Å². The lowest BCUT2D eigenvalue weighted by molar-refractivity contribution is -0.253. The van der Waals surface area contributed by atoms with Crippen LogP contribution in [0, 0.1) is 0 Å². The number of urea groups is 1. The molecule has 3 aromatic carbocycles. The Labute approximate surface area is 277 Å². The highest BCUT2D eigenvalue weighted by Gasteiger charge is 2.34. The van der Waals surface area contributed by atoms with Crippen LogP contribution in [-0.2, 0) is 32.2 Å². The molecule has 1 saturated heterocycles. The highest BCUT2D eigenvalue weighted by molar-refractivity contribution is 5.80. The van der Waals surface area contributed by atoms with Crippen molar-refractivity contribution < 1.29 is 28.9 Å². The van der Waals surface area contributed by atoms with E-state index in [0.717, 1.165) is 52.9 Å². The minimum absolute atomic E-state index is 0.00476. The van der Waals surface area contributed by atoms with Crippen LogP contribution in [0.1, 0.15) is 73.7 Å². The molecule has 1 saturated carbocycles. The van der Waals surface area contributed by atoms with Gasteiger partial charge in [0, 0.05) is 37.7 Å². The third-order valence-electron chi connectivity index (χ3n) is 8.83. The summed E-state index contributed by atoms with van der Waals surface area (Å²) in [6.07, 6.45) is 6.92. The maximum atomic E-state index is 12.2. The number of aliphatic hydroxyl groups is 1. The number of esters is 1. The van der Waals surface area contributed by atoms with Gasteiger partial charge in [-0.1, -0.05) is 79.6 Å². The lowest BCUT2D eigenvalue weighted by Gasteiger charge is -2.39. The minimum Gasteiger partial charge on any atom is -0.465 e. The Morgan fingerprint density at radius 2 is 1.70 bits per heavy atom. The highest BCUT2D eigenvalue weighted by atomic mass is 16.7. The molecule has 9 heteroatoms. The van der Waals surface area contributed by atoms with E-state index in [9.17, 15) is 14.7 Å². The fourth-order valence-corrected chi connectivity index (χ4v) is 6.44. The SMILES string of the molecule is C=CCN(C[C@@H]1C[C@H](c2ccc(CO)cc2)O[C@H](c2cccc(-c3cccc(CNC(=O)NCC(=O)OCC)c3)c2)O1)C1CCCC1. The monoisotopic (exact) mass is 641 g/mol. The van der Waals surface area contributed by atoms with E-state index in [4.69, 9.17) is 14.2 Å². The number of carbonyl (C=O) groups is 2. The summed E-state index contributed by atoms with van der Waals surface area (Å²) in [6.45, 7) is 7.78. The number of amides is 2. The first kappa shape index (κ1) is 34.3. The summed E-state index contributed by atoms with van der Waals surface area (Å²) in [5, 5.41) is 14.9. The number of hydrogen-bond donors (Lipinski definition) is 3. The summed E-state index contributed by atoms with van der Waals surface area (Å²) >= 11 is 0. The number of carbonyl (C=O) groups excluding carboxylic acids is 2. The summed E-state index contributed by atoms with van der Waals surface area (Å²) in [6, 6.07) is 24.3. The molecule has 3 N–H and O–H groups in total.